The Bertz CT molecular complexity index is 740. The number of rotatable bonds is 3. The SMILES string of the molecule is O=C(Nc1nc(-c2cccs2)cs1)c1cccnc1Cl. The van der Waals surface area contributed by atoms with Gasteiger partial charge in [-0.1, -0.05) is 17.7 Å². The van der Waals surface area contributed by atoms with Crippen molar-refractivity contribution >= 4 is 45.3 Å². The topological polar surface area (TPSA) is 54.9 Å². The lowest BCUT2D eigenvalue weighted by atomic mass is 10.3. The van der Waals surface area contributed by atoms with E-state index in [0.717, 1.165) is 10.6 Å². The summed E-state index contributed by atoms with van der Waals surface area (Å²) in [5.74, 6) is -0.310. The van der Waals surface area contributed by atoms with E-state index in [0.29, 0.717) is 10.7 Å². The van der Waals surface area contributed by atoms with Crippen LogP contribution < -0.4 is 5.32 Å². The van der Waals surface area contributed by atoms with E-state index in [1.165, 1.54) is 17.5 Å². The second-order valence-corrected chi connectivity index (χ2v) is 5.97. The Morgan fingerprint density at radius 3 is 2.90 bits per heavy atom. The van der Waals surface area contributed by atoms with Crippen LogP contribution in [-0.4, -0.2) is 15.9 Å². The minimum atomic E-state index is -0.310. The van der Waals surface area contributed by atoms with Crippen LogP contribution in [0.4, 0.5) is 5.13 Å². The van der Waals surface area contributed by atoms with Crippen molar-refractivity contribution in [2.75, 3.05) is 5.32 Å². The van der Waals surface area contributed by atoms with E-state index in [4.69, 9.17) is 11.6 Å². The van der Waals surface area contributed by atoms with Crippen LogP contribution in [0, 0.1) is 0 Å². The van der Waals surface area contributed by atoms with Gasteiger partial charge in [-0.05, 0) is 23.6 Å². The molecule has 0 bridgehead atoms. The van der Waals surface area contributed by atoms with E-state index in [-0.39, 0.29) is 11.1 Å². The highest BCUT2D eigenvalue weighted by Crippen LogP contribution is 2.28. The van der Waals surface area contributed by atoms with Gasteiger partial charge >= 0.3 is 0 Å². The number of nitrogens with zero attached hydrogens (tertiary/aromatic N) is 2. The standard InChI is InChI=1S/C13H8ClN3OS2/c14-11-8(3-1-5-15-11)12(18)17-13-16-9(7-20-13)10-4-2-6-19-10/h1-7H,(H,16,17,18). The summed E-state index contributed by atoms with van der Waals surface area (Å²) in [4.78, 5) is 21.4. The second-order valence-electron chi connectivity index (χ2n) is 3.81. The van der Waals surface area contributed by atoms with Gasteiger partial charge in [0, 0.05) is 11.6 Å². The first kappa shape index (κ1) is 13.2. The number of aromatic nitrogens is 2. The molecule has 3 aromatic heterocycles. The minimum Gasteiger partial charge on any atom is -0.298 e. The van der Waals surface area contributed by atoms with Crippen LogP contribution in [0.15, 0.2) is 41.2 Å². The summed E-state index contributed by atoms with van der Waals surface area (Å²) < 4.78 is 0. The number of anilines is 1. The summed E-state index contributed by atoms with van der Waals surface area (Å²) in [6.07, 6.45) is 1.54. The van der Waals surface area contributed by atoms with Gasteiger partial charge in [0.2, 0.25) is 0 Å². The van der Waals surface area contributed by atoms with Crippen molar-refractivity contribution in [2.24, 2.45) is 0 Å². The highest BCUT2D eigenvalue weighted by atomic mass is 35.5. The summed E-state index contributed by atoms with van der Waals surface area (Å²) >= 11 is 8.87. The Balaban J connectivity index is 1.79. The molecule has 3 rings (SSSR count). The van der Waals surface area contributed by atoms with Crippen LogP contribution in [0.3, 0.4) is 0 Å². The highest BCUT2D eigenvalue weighted by molar-refractivity contribution is 7.16. The van der Waals surface area contributed by atoms with Gasteiger partial charge in [0.15, 0.2) is 5.13 Å². The molecule has 3 heterocycles. The maximum absolute atomic E-state index is 12.1. The Morgan fingerprint density at radius 2 is 2.15 bits per heavy atom. The Kier molecular flexibility index (Phi) is 3.77. The summed E-state index contributed by atoms with van der Waals surface area (Å²) in [5.41, 5.74) is 1.19. The highest BCUT2D eigenvalue weighted by Gasteiger charge is 2.13. The molecule has 100 valence electrons. The van der Waals surface area contributed by atoms with E-state index in [1.54, 1.807) is 23.5 Å². The fourth-order valence-corrected chi connectivity index (χ4v) is 3.26. The average Bonchev–Trinajstić information content (AvgIpc) is 3.09. The molecule has 0 aliphatic rings. The predicted octanol–water partition coefficient (Wildman–Crippen LogP) is 4.17. The van der Waals surface area contributed by atoms with Gasteiger partial charge in [-0.2, -0.15) is 0 Å². The van der Waals surface area contributed by atoms with Gasteiger partial charge in [0.1, 0.15) is 5.15 Å². The van der Waals surface area contributed by atoms with Gasteiger partial charge in [-0.15, -0.1) is 22.7 Å². The lowest BCUT2D eigenvalue weighted by Gasteiger charge is -2.02. The zero-order valence-corrected chi connectivity index (χ0v) is 12.4. The van der Waals surface area contributed by atoms with Crippen LogP contribution in [0.5, 0.6) is 0 Å². The Hall–Kier alpha value is -1.76. The van der Waals surface area contributed by atoms with Crippen molar-refractivity contribution in [3.05, 3.63) is 51.9 Å². The van der Waals surface area contributed by atoms with E-state index in [9.17, 15) is 4.79 Å². The fraction of sp³-hybridized carbons (Fsp3) is 0. The molecule has 0 saturated carbocycles. The fourth-order valence-electron chi connectivity index (χ4n) is 1.59. The Morgan fingerprint density at radius 1 is 1.25 bits per heavy atom. The minimum absolute atomic E-state index is 0.181. The van der Waals surface area contributed by atoms with Crippen LogP contribution in [0.25, 0.3) is 10.6 Å². The van der Waals surface area contributed by atoms with E-state index < -0.39 is 0 Å². The average molecular weight is 322 g/mol. The number of amides is 1. The normalized spacial score (nSPS) is 10.4. The lowest BCUT2D eigenvalue weighted by molar-refractivity contribution is 0.102. The van der Waals surface area contributed by atoms with Gasteiger partial charge < -0.3 is 0 Å². The second kappa shape index (κ2) is 5.70. The molecule has 7 heteroatoms. The van der Waals surface area contributed by atoms with Crippen molar-refractivity contribution in [3.63, 3.8) is 0 Å². The lowest BCUT2D eigenvalue weighted by Crippen LogP contribution is -2.12. The van der Waals surface area contributed by atoms with E-state index >= 15 is 0 Å². The van der Waals surface area contributed by atoms with Gasteiger partial charge in [0.25, 0.3) is 5.91 Å². The largest absolute Gasteiger partial charge is 0.298 e. The number of thiazole rings is 1. The molecule has 3 aromatic rings. The molecule has 1 N–H and O–H groups in total. The van der Waals surface area contributed by atoms with Crippen molar-refractivity contribution in [3.8, 4) is 10.6 Å². The van der Waals surface area contributed by atoms with Gasteiger partial charge in [-0.25, -0.2) is 9.97 Å². The number of pyridine rings is 1. The molecular weight excluding hydrogens is 314 g/mol. The third-order valence-electron chi connectivity index (χ3n) is 2.50. The summed E-state index contributed by atoms with van der Waals surface area (Å²) in [6.45, 7) is 0. The van der Waals surface area contributed by atoms with Crippen LogP contribution in [-0.2, 0) is 0 Å². The third kappa shape index (κ3) is 2.72. The molecule has 4 nitrogen and oxygen atoms in total. The number of hydrogen-bond acceptors (Lipinski definition) is 5. The zero-order chi connectivity index (χ0) is 13.9. The Labute approximate surface area is 128 Å². The number of hydrogen-bond donors (Lipinski definition) is 1. The van der Waals surface area contributed by atoms with Gasteiger partial charge in [0.05, 0.1) is 16.1 Å². The summed E-state index contributed by atoms with van der Waals surface area (Å²) in [7, 11) is 0. The number of carbonyl (C=O) groups excluding carboxylic acids is 1. The number of halogens is 1. The van der Waals surface area contributed by atoms with Crippen LogP contribution in [0.1, 0.15) is 10.4 Å². The quantitative estimate of drug-likeness (QED) is 0.736. The maximum Gasteiger partial charge on any atom is 0.260 e. The first-order chi connectivity index (χ1) is 9.74. The summed E-state index contributed by atoms with van der Waals surface area (Å²) in [6, 6.07) is 7.24. The molecule has 0 fully saturated rings. The predicted molar refractivity (Wildman–Crippen MR) is 82.6 cm³/mol. The molecular formula is C13H8ClN3OS2. The molecule has 0 aliphatic heterocycles. The van der Waals surface area contributed by atoms with Crippen LogP contribution >= 0.6 is 34.3 Å². The zero-order valence-electron chi connectivity index (χ0n) is 10.0. The van der Waals surface area contributed by atoms with Crippen molar-refractivity contribution in [1.82, 2.24) is 9.97 Å². The molecule has 0 saturated heterocycles. The first-order valence-electron chi connectivity index (χ1n) is 5.65. The smallest absolute Gasteiger partial charge is 0.260 e. The van der Waals surface area contributed by atoms with Crippen molar-refractivity contribution in [1.29, 1.82) is 0 Å². The molecule has 0 aliphatic carbocycles. The molecule has 20 heavy (non-hydrogen) atoms. The third-order valence-corrected chi connectivity index (χ3v) is 4.45. The monoisotopic (exact) mass is 321 g/mol. The van der Waals surface area contributed by atoms with Crippen molar-refractivity contribution < 1.29 is 4.79 Å². The van der Waals surface area contributed by atoms with Gasteiger partial charge in [-0.3, -0.25) is 10.1 Å². The molecule has 1 amide bonds. The molecule has 0 spiro atoms. The van der Waals surface area contributed by atoms with Crippen molar-refractivity contribution in [2.45, 2.75) is 0 Å². The van der Waals surface area contributed by atoms with E-state index in [2.05, 4.69) is 15.3 Å². The molecule has 0 unspecified atom stereocenters. The maximum atomic E-state index is 12.1. The molecule has 0 radical (unpaired) electrons. The number of carbonyl (C=O) groups is 1. The van der Waals surface area contributed by atoms with E-state index in [1.807, 2.05) is 22.9 Å². The summed E-state index contributed by atoms with van der Waals surface area (Å²) in [5, 5.41) is 7.35. The van der Waals surface area contributed by atoms with Crippen LogP contribution in [0.2, 0.25) is 5.15 Å². The first-order valence-corrected chi connectivity index (χ1v) is 7.79. The number of nitrogens with one attached hydrogen (secondary N) is 1. The molecule has 0 aromatic carbocycles. The molecule has 0 atom stereocenters. The number of thiophene rings is 1.